The molecule has 2 amide bonds. The normalized spacial score (nSPS) is 27.3. The van der Waals surface area contributed by atoms with Gasteiger partial charge in [-0.05, 0) is 30.3 Å². The first kappa shape index (κ1) is 28.5. The maximum atomic E-state index is 12.9. The molecule has 2 fully saturated rings. The van der Waals surface area contributed by atoms with Crippen LogP contribution in [0.4, 0.5) is 26.7 Å². The lowest BCUT2D eigenvalue weighted by molar-refractivity contribution is 0.0324. The van der Waals surface area contributed by atoms with Crippen LogP contribution >= 0.6 is 0 Å². The van der Waals surface area contributed by atoms with Gasteiger partial charge in [-0.1, -0.05) is 51.1 Å². The molecule has 2 unspecified atom stereocenters. The first-order valence-electron chi connectivity index (χ1n) is 14.9. The summed E-state index contributed by atoms with van der Waals surface area (Å²) >= 11 is 0. The molecule has 4 heterocycles. The molecule has 2 aromatic carbocycles. The molecule has 0 spiro atoms. The molecule has 11 nitrogen and oxygen atoms in total. The Bertz CT molecular complexity index is 1410. The number of anilines is 2. The number of carbonyl (C=O) groups excluding carboxylic acids is 2. The molecule has 0 bridgehead atoms. The van der Waals surface area contributed by atoms with Gasteiger partial charge in [-0.25, -0.2) is 9.59 Å². The summed E-state index contributed by atoms with van der Waals surface area (Å²) < 4.78 is 17.5. The zero-order valence-electron chi connectivity index (χ0n) is 25.0. The number of hydrogen-bond acceptors (Lipinski definition) is 9. The third-order valence-electron chi connectivity index (χ3n) is 9.93. The molecule has 4 aliphatic heterocycles. The number of para-hydroxylation sites is 2. The van der Waals surface area contributed by atoms with Gasteiger partial charge in [0.1, 0.15) is 29.2 Å². The molecule has 12 heteroatoms. The van der Waals surface area contributed by atoms with E-state index in [9.17, 15) is 9.59 Å². The Kier molecular flexibility index (Phi) is 7.16. The summed E-state index contributed by atoms with van der Waals surface area (Å²) in [6, 6.07) is 17.0. The molecule has 2 N–H and O–H groups in total. The standard InChI is InChI=1S/C30H40N6O5Si/c1-6-42(7-2,8-3)41-30-17-19-36(28(38)40-5)26(30)32-24-21(30)13-11-15-23(24)33-34-29-16-18-35(27(37)39-4)25(29)31-22-14-10-9-12-20(22)29/h9-15,25-26,31-32H,6-8,16-19H2,1-5H3/t25?,26?,29-,30-/m0/s1. The van der Waals surface area contributed by atoms with Crippen molar-refractivity contribution in [3.63, 3.8) is 0 Å². The van der Waals surface area contributed by atoms with Crippen molar-refractivity contribution in [2.45, 2.75) is 75.2 Å². The second-order valence-corrected chi connectivity index (χ2v) is 16.2. The average molecular weight is 593 g/mol. The summed E-state index contributed by atoms with van der Waals surface area (Å²) in [4.78, 5) is 29.0. The van der Waals surface area contributed by atoms with Crippen molar-refractivity contribution in [2.24, 2.45) is 10.2 Å². The van der Waals surface area contributed by atoms with Crippen LogP contribution in [0, 0.1) is 0 Å². The van der Waals surface area contributed by atoms with Gasteiger partial charge in [0.25, 0.3) is 0 Å². The second kappa shape index (κ2) is 10.6. The summed E-state index contributed by atoms with van der Waals surface area (Å²) in [6.45, 7) is 7.68. The lowest BCUT2D eigenvalue weighted by Crippen LogP contribution is -2.52. The highest BCUT2D eigenvalue weighted by atomic mass is 28.4. The van der Waals surface area contributed by atoms with Crippen LogP contribution in [0.1, 0.15) is 44.7 Å². The van der Waals surface area contributed by atoms with E-state index >= 15 is 0 Å². The Morgan fingerprint density at radius 3 is 2.21 bits per heavy atom. The molecular weight excluding hydrogens is 552 g/mol. The Morgan fingerprint density at radius 2 is 1.52 bits per heavy atom. The van der Waals surface area contributed by atoms with Crippen molar-refractivity contribution in [2.75, 3.05) is 37.9 Å². The maximum absolute atomic E-state index is 12.9. The van der Waals surface area contributed by atoms with Gasteiger partial charge in [0.15, 0.2) is 8.32 Å². The van der Waals surface area contributed by atoms with Crippen LogP contribution in [-0.4, -0.2) is 69.9 Å². The van der Waals surface area contributed by atoms with Crippen molar-refractivity contribution in [1.29, 1.82) is 0 Å². The van der Waals surface area contributed by atoms with Crippen molar-refractivity contribution < 1.29 is 23.5 Å². The van der Waals surface area contributed by atoms with Crippen molar-refractivity contribution >= 4 is 37.6 Å². The number of hydrogen-bond donors (Lipinski definition) is 2. The molecule has 2 saturated heterocycles. The lowest BCUT2D eigenvalue weighted by atomic mass is 9.90. The number of amides is 2. The first-order chi connectivity index (χ1) is 20.3. The van der Waals surface area contributed by atoms with E-state index in [0.29, 0.717) is 31.6 Å². The summed E-state index contributed by atoms with van der Waals surface area (Å²) in [5, 5.41) is 17.0. The molecule has 0 radical (unpaired) electrons. The monoisotopic (exact) mass is 592 g/mol. The van der Waals surface area contributed by atoms with Gasteiger partial charge >= 0.3 is 12.2 Å². The number of fused-ring (bicyclic) bond motifs is 6. The van der Waals surface area contributed by atoms with E-state index in [1.807, 2.05) is 36.4 Å². The van der Waals surface area contributed by atoms with E-state index in [-0.39, 0.29) is 6.09 Å². The summed E-state index contributed by atoms with van der Waals surface area (Å²) in [6.07, 6.45) is -0.329. The fourth-order valence-corrected chi connectivity index (χ4v) is 10.4. The molecule has 4 aliphatic rings. The van der Waals surface area contributed by atoms with E-state index in [4.69, 9.17) is 24.1 Å². The van der Waals surface area contributed by atoms with Crippen LogP contribution in [0.5, 0.6) is 0 Å². The summed E-state index contributed by atoms with van der Waals surface area (Å²) in [5.74, 6) is 0. The fraction of sp³-hybridized carbons (Fsp3) is 0.533. The molecule has 0 aromatic heterocycles. The number of rotatable bonds is 7. The highest BCUT2D eigenvalue weighted by molar-refractivity contribution is 6.73. The van der Waals surface area contributed by atoms with Gasteiger partial charge < -0.3 is 24.5 Å². The summed E-state index contributed by atoms with van der Waals surface area (Å²) in [5.41, 5.74) is 2.97. The molecule has 42 heavy (non-hydrogen) atoms. The number of methoxy groups -OCH3 is 2. The van der Waals surface area contributed by atoms with Crippen molar-refractivity contribution in [3.05, 3.63) is 53.6 Å². The van der Waals surface area contributed by atoms with Gasteiger partial charge in [-0.15, -0.1) is 0 Å². The van der Waals surface area contributed by atoms with Crippen LogP contribution in [0.2, 0.25) is 18.1 Å². The number of nitrogens with zero attached hydrogens (tertiary/aromatic N) is 4. The van der Waals surface area contributed by atoms with Crippen LogP contribution in [-0.2, 0) is 25.0 Å². The quantitative estimate of drug-likeness (QED) is 0.285. The van der Waals surface area contributed by atoms with Gasteiger partial charge in [-0.2, -0.15) is 10.2 Å². The molecule has 2 aromatic rings. The number of ether oxygens (including phenoxy) is 2. The molecule has 4 atom stereocenters. The Morgan fingerprint density at radius 1 is 0.881 bits per heavy atom. The smallest absolute Gasteiger partial charge is 0.411 e. The molecule has 0 saturated carbocycles. The Balaban J connectivity index is 1.43. The lowest BCUT2D eigenvalue weighted by Gasteiger charge is -2.41. The third kappa shape index (κ3) is 4.02. The molecular formula is C30H40N6O5Si. The maximum Gasteiger partial charge on any atom is 0.411 e. The third-order valence-corrected chi connectivity index (χ3v) is 14.6. The predicted octanol–water partition coefficient (Wildman–Crippen LogP) is 6.33. The van der Waals surface area contributed by atoms with Gasteiger partial charge in [0, 0.05) is 42.7 Å². The second-order valence-electron chi connectivity index (χ2n) is 11.5. The van der Waals surface area contributed by atoms with Gasteiger partial charge in [0.05, 0.1) is 19.9 Å². The number of nitrogens with one attached hydrogen (secondary N) is 2. The van der Waals surface area contributed by atoms with Crippen LogP contribution < -0.4 is 10.6 Å². The number of likely N-dealkylation sites (tertiary alicyclic amines) is 2. The van der Waals surface area contributed by atoms with Gasteiger partial charge in [0.2, 0.25) is 0 Å². The van der Waals surface area contributed by atoms with Crippen LogP contribution in [0.3, 0.4) is 0 Å². The zero-order chi connectivity index (χ0) is 29.7. The van der Waals surface area contributed by atoms with E-state index in [1.54, 1.807) is 9.80 Å². The number of carbonyl (C=O) groups is 2. The minimum Gasteiger partial charge on any atom is -0.453 e. The topological polar surface area (TPSA) is 117 Å². The highest BCUT2D eigenvalue weighted by Crippen LogP contribution is 2.55. The average Bonchev–Trinajstić information content (AvgIpc) is 3.74. The van der Waals surface area contributed by atoms with E-state index < -0.39 is 37.9 Å². The minimum atomic E-state index is -2.09. The Hall–Kier alpha value is -3.64. The molecule has 0 aliphatic carbocycles. The number of benzene rings is 2. The van der Waals surface area contributed by atoms with Crippen molar-refractivity contribution in [1.82, 2.24) is 9.80 Å². The van der Waals surface area contributed by atoms with E-state index in [1.165, 1.54) is 14.2 Å². The molecule has 6 rings (SSSR count). The van der Waals surface area contributed by atoms with E-state index in [0.717, 1.165) is 40.6 Å². The SMILES string of the molecule is CC[Si](CC)(CC)O[C@]12CCN(C(=O)OC)C1Nc1c(N=N[C@]34CCN(C(=O)OC)C3Nc3ccccc34)cccc12. The largest absolute Gasteiger partial charge is 0.453 e. The first-order valence-corrected chi connectivity index (χ1v) is 17.4. The number of azo groups is 1. The predicted molar refractivity (Wildman–Crippen MR) is 161 cm³/mol. The van der Waals surface area contributed by atoms with Crippen molar-refractivity contribution in [3.8, 4) is 0 Å². The van der Waals surface area contributed by atoms with Crippen LogP contribution in [0.15, 0.2) is 52.7 Å². The Labute approximate surface area is 247 Å². The fourth-order valence-electron chi connectivity index (χ4n) is 7.42. The van der Waals surface area contributed by atoms with Gasteiger partial charge in [-0.3, -0.25) is 9.80 Å². The highest BCUT2D eigenvalue weighted by Gasteiger charge is 2.60. The van der Waals surface area contributed by atoms with Crippen LogP contribution in [0.25, 0.3) is 0 Å². The molecule has 224 valence electrons. The minimum absolute atomic E-state index is 0.380. The van der Waals surface area contributed by atoms with E-state index in [2.05, 4.69) is 37.5 Å². The summed E-state index contributed by atoms with van der Waals surface area (Å²) in [7, 11) is 0.718. The zero-order valence-corrected chi connectivity index (χ0v) is 26.0.